The Kier molecular flexibility index (Phi) is 6.26. The lowest BCUT2D eigenvalue weighted by molar-refractivity contribution is -0.00429. The molecule has 1 aliphatic heterocycles. The smallest absolute Gasteiger partial charge is 0.145 e. The van der Waals surface area contributed by atoms with Crippen molar-refractivity contribution >= 4 is 11.6 Å². The summed E-state index contributed by atoms with van der Waals surface area (Å²) in [5.41, 5.74) is 12.8. The first kappa shape index (κ1) is 19.6. The quantitative estimate of drug-likeness (QED) is 0.731. The molecule has 0 aliphatic carbocycles. The van der Waals surface area contributed by atoms with Crippen molar-refractivity contribution in [1.82, 2.24) is 4.90 Å². The van der Waals surface area contributed by atoms with Crippen LogP contribution in [0.25, 0.3) is 0 Å². The van der Waals surface area contributed by atoms with Gasteiger partial charge in [0.25, 0.3) is 0 Å². The lowest BCUT2D eigenvalue weighted by Crippen LogP contribution is -2.46. The van der Waals surface area contributed by atoms with E-state index in [-0.39, 0.29) is 28.4 Å². The van der Waals surface area contributed by atoms with E-state index in [1.54, 1.807) is 19.1 Å². The van der Waals surface area contributed by atoms with Crippen molar-refractivity contribution in [2.75, 3.05) is 13.1 Å². The Labute approximate surface area is 149 Å². The van der Waals surface area contributed by atoms with E-state index in [2.05, 4.69) is 13.8 Å². The van der Waals surface area contributed by atoms with Gasteiger partial charge < -0.3 is 16.6 Å². The number of hydrogen-bond donors (Lipinski definition) is 3. The van der Waals surface area contributed by atoms with E-state index in [9.17, 15) is 9.50 Å². The Morgan fingerprint density at radius 3 is 2.71 bits per heavy atom. The number of aliphatic hydroxyl groups is 1. The van der Waals surface area contributed by atoms with Crippen molar-refractivity contribution in [3.8, 4) is 0 Å². The van der Waals surface area contributed by atoms with Gasteiger partial charge in [0, 0.05) is 24.5 Å². The average Bonchev–Trinajstić information content (AvgIpc) is 2.79. The minimum Gasteiger partial charge on any atom is -0.379 e. The normalized spacial score (nSPS) is 26.8. The molecule has 6 heteroatoms. The summed E-state index contributed by atoms with van der Waals surface area (Å²) in [6.45, 7) is 7.15. The summed E-state index contributed by atoms with van der Waals surface area (Å²) >= 11 is 5.93. The Hall–Kier alpha value is -0.720. The second-order valence-corrected chi connectivity index (χ2v) is 8.04. The molecule has 0 saturated carbocycles. The molecule has 5 N–H and O–H groups in total. The maximum absolute atomic E-state index is 14.5. The van der Waals surface area contributed by atoms with Crippen LogP contribution in [0.5, 0.6) is 0 Å². The number of hydrogen-bond acceptors (Lipinski definition) is 4. The number of likely N-dealkylation sites (tertiary alicyclic amines) is 1. The van der Waals surface area contributed by atoms with E-state index in [4.69, 9.17) is 23.1 Å². The number of benzene rings is 1. The average molecular weight is 358 g/mol. The molecule has 2 rings (SSSR count). The fourth-order valence-electron chi connectivity index (χ4n) is 3.83. The molecule has 1 aliphatic rings. The van der Waals surface area contributed by atoms with Gasteiger partial charge in [0.05, 0.1) is 5.02 Å². The van der Waals surface area contributed by atoms with Crippen molar-refractivity contribution in [2.45, 2.75) is 57.8 Å². The van der Waals surface area contributed by atoms with Crippen molar-refractivity contribution in [3.63, 3.8) is 0 Å². The summed E-state index contributed by atoms with van der Waals surface area (Å²) in [5, 5.41) is 10.3. The van der Waals surface area contributed by atoms with Crippen LogP contribution in [-0.4, -0.2) is 41.4 Å². The zero-order valence-corrected chi connectivity index (χ0v) is 15.4. The molecule has 4 nitrogen and oxygen atoms in total. The van der Waals surface area contributed by atoms with Crippen molar-refractivity contribution in [2.24, 2.45) is 16.9 Å². The Morgan fingerprint density at radius 2 is 2.12 bits per heavy atom. The SMILES string of the molecule is CC(O)N1CC(c2cccc(Cl)c2F)C(N)C1CC(C)(C)CCN. The van der Waals surface area contributed by atoms with Gasteiger partial charge in [-0.3, -0.25) is 4.90 Å². The van der Waals surface area contributed by atoms with Crippen LogP contribution in [0.15, 0.2) is 18.2 Å². The summed E-state index contributed by atoms with van der Waals surface area (Å²) < 4.78 is 14.5. The van der Waals surface area contributed by atoms with Crippen molar-refractivity contribution < 1.29 is 9.50 Å². The Bertz CT molecular complexity index is 567. The second kappa shape index (κ2) is 7.67. The lowest BCUT2D eigenvalue weighted by atomic mass is 9.79. The highest BCUT2D eigenvalue weighted by atomic mass is 35.5. The highest BCUT2D eigenvalue weighted by Gasteiger charge is 2.44. The summed E-state index contributed by atoms with van der Waals surface area (Å²) in [4.78, 5) is 1.97. The lowest BCUT2D eigenvalue weighted by Gasteiger charge is -2.35. The van der Waals surface area contributed by atoms with Crippen LogP contribution in [0.4, 0.5) is 4.39 Å². The third-order valence-corrected chi connectivity index (χ3v) is 5.48. The third kappa shape index (κ3) is 4.09. The van der Waals surface area contributed by atoms with Gasteiger partial charge in [-0.25, -0.2) is 4.39 Å². The second-order valence-electron chi connectivity index (χ2n) is 7.63. The van der Waals surface area contributed by atoms with Gasteiger partial charge >= 0.3 is 0 Å². The van der Waals surface area contributed by atoms with Crippen LogP contribution in [0.3, 0.4) is 0 Å². The number of nitrogens with two attached hydrogens (primary N) is 2. The van der Waals surface area contributed by atoms with E-state index >= 15 is 0 Å². The number of halogens is 2. The molecular weight excluding hydrogens is 329 g/mol. The molecule has 1 heterocycles. The predicted molar refractivity (Wildman–Crippen MR) is 96.4 cm³/mol. The van der Waals surface area contributed by atoms with E-state index in [0.717, 1.165) is 12.8 Å². The Balaban J connectivity index is 2.30. The molecule has 1 saturated heterocycles. The molecule has 4 unspecified atom stereocenters. The monoisotopic (exact) mass is 357 g/mol. The van der Waals surface area contributed by atoms with E-state index in [1.165, 1.54) is 6.07 Å². The standard InChI is InChI=1S/C18H29ClFN3O/c1-11(24)23-10-13(12-5-4-6-14(19)16(12)20)17(22)15(23)9-18(2,3)7-8-21/h4-6,11,13,15,17,24H,7-10,21-22H2,1-3H3. The zero-order chi connectivity index (χ0) is 18.1. The van der Waals surface area contributed by atoms with Crippen LogP contribution >= 0.6 is 11.6 Å². The first-order valence-electron chi connectivity index (χ1n) is 8.51. The molecular formula is C18H29ClFN3O. The molecule has 1 aromatic rings. The molecule has 0 amide bonds. The summed E-state index contributed by atoms with van der Waals surface area (Å²) in [6, 6.07) is 4.71. The largest absolute Gasteiger partial charge is 0.379 e. The van der Waals surface area contributed by atoms with Gasteiger partial charge in [0.15, 0.2) is 0 Å². The maximum atomic E-state index is 14.5. The van der Waals surface area contributed by atoms with Crippen LogP contribution in [0, 0.1) is 11.2 Å². The number of rotatable bonds is 6. The molecule has 0 aromatic heterocycles. The minimum absolute atomic E-state index is 0.00590. The molecule has 0 radical (unpaired) electrons. The van der Waals surface area contributed by atoms with Crippen LogP contribution in [0.2, 0.25) is 5.02 Å². The van der Waals surface area contributed by atoms with Gasteiger partial charge in [-0.1, -0.05) is 37.6 Å². The first-order chi connectivity index (χ1) is 11.2. The molecule has 1 fully saturated rings. The number of nitrogens with zero attached hydrogens (tertiary/aromatic N) is 1. The van der Waals surface area contributed by atoms with Gasteiger partial charge in [-0.15, -0.1) is 0 Å². The van der Waals surface area contributed by atoms with E-state index < -0.39 is 12.0 Å². The van der Waals surface area contributed by atoms with Gasteiger partial charge in [0.2, 0.25) is 0 Å². The summed E-state index contributed by atoms with van der Waals surface area (Å²) in [7, 11) is 0. The summed E-state index contributed by atoms with van der Waals surface area (Å²) in [6.07, 6.45) is 1.04. The van der Waals surface area contributed by atoms with Crippen LogP contribution in [-0.2, 0) is 0 Å². The zero-order valence-electron chi connectivity index (χ0n) is 14.7. The van der Waals surface area contributed by atoms with E-state index in [1.807, 2.05) is 4.90 Å². The van der Waals surface area contributed by atoms with Gasteiger partial charge in [-0.2, -0.15) is 0 Å². The van der Waals surface area contributed by atoms with Gasteiger partial charge in [0.1, 0.15) is 12.0 Å². The maximum Gasteiger partial charge on any atom is 0.145 e. The van der Waals surface area contributed by atoms with E-state index in [0.29, 0.717) is 18.7 Å². The predicted octanol–water partition coefficient (Wildman–Crippen LogP) is 2.68. The molecule has 0 bridgehead atoms. The highest BCUT2D eigenvalue weighted by molar-refractivity contribution is 6.30. The summed E-state index contributed by atoms with van der Waals surface area (Å²) in [5.74, 6) is -0.607. The van der Waals surface area contributed by atoms with Crippen LogP contribution < -0.4 is 11.5 Å². The van der Waals surface area contributed by atoms with Crippen molar-refractivity contribution in [1.29, 1.82) is 0 Å². The molecule has 24 heavy (non-hydrogen) atoms. The minimum atomic E-state index is -0.637. The first-order valence-corrected chi connectivity index (χ1v) is 8.89. The molecule has 1 aromatic carbocycles. The van der Waals surface area contributed by atoms with Crippen LogP contribution in [0.1, 0.15) is 45.1 Å². The fourth-order valence-corrected chi connectivity index (χ4v) is 4.01. The third-order valence-electron chi connectivity index (χ3n) is 5.19. The molecule has 0 spiro atoms. The topological polar surface area (TPSA) is 75.5 Å². The molecule has 136 valence electrons. The fraction of sp³-hybridized carbons (Fsp3) is 0.667. The Morgan fingerprint density at radius 1 is 1.46 bits per heavy atom. The highest BCUT2D eigenvalue weighted by Crippen LogP contribution is 2.40. The number of aliphatic hydroxyl groups excluding tert-OH is 1. The molecule has 4 atom stereocenters. The van der Waals surface area contributed by atoms with Gasteiger partial charge in [-0.05, 0) is 43.4 Å². The van der Waals surface area contributed by atoms with Crippen molar-refractivity contribution in [3.05, 3.63) is 34.6 Å².